The maximum Gasteiger partial charge on any atom is 0.288 e. The maximum atomic E-state index is 11.8. The van der Waals surface area contributed by atoms with Gasteiger partial charge in [0, 0.05) is 21.7 Å². The lowest BCUT2D eigenvalue weighted by Gasteiger charge is -2.00. The van der Waals surface area contributed by atoms with E-state index in [1.807, 2.05) is 0 Å². The molecule has 6 nitrogen and oxygen atoms in total. The Morgan fingerprint density at radius 1 is 1.32 bits per heavy atom. The largest absolute Gasteiger partial charge is 0.288 e. The van der Waals surface area contributed by atoms with E-state index in [2.05, 4.69) is 26.5 Å². The van der Waals surface area contributed by atoms with Crippen LogP contribution in [0.4, 0.5) is 5.69 Å². The van der Waals surface area contributed by atoms with E-state index in [4.69, 9.17) is 11.6 Å². The van der Waals surface area contributed by atoms with E-state index in [-0.39, 0.29) is 16.6 Å². The predicted molar refractivity (Wildman–Crippen MR) is 87.3 cm³/mol. The highest BCUT2D eigenvalue weighted by molar-refractivity contribution is 9.10. The quantitative estimate of drug-likeness (QED) is 0.496. The number of carbonyl (C=O) groups is 1. The number of nitro groups is 1. The van der Waals surface area contributed by atoms with Crippen LogP contribution in [-0.2, 0) is 0 Å². The highest BCUT2D eigenvalue weighted by Crippen LogP contribution is 2.24. The van der Waals surface area contributed by atoms with Gasteiger partial charge in [-0.3, -0.25) is 14.9 Å². The number of hydrogen-bond donors (Lipinski definition) is 1. The molecule has 0 aliphatic carbocycles. The zero-order chi connectivity index (χ0) is 16.1. The van der Waals surface area contributed by atoms with Gasteiger partial charge in [-0.2, -0.15) is 5.10 Å². The third-order valence-corrected chi connectivity index (χ3v) is 3.45. The van der Waals surface area contributed by atoms with Crippen LogP contribution in [0.15, 0.2) is 52.0 Å². The van der Waals surface area contributed by atoms with Crippen LogP contribution in [-0.4, -0.2) is 17.0 Å². The number of nitro benzene ring substituents is 1. The maximum absolute atomic E-state index is 11.8. The number of halogens is 2. The molecule has 0 fully saturated rings. The van der Waals surface area contributed by atoms with Crippen molar-refractivity contribution in [3.8, 4) is 0 Å². The third-order valence-electron chi connectivity index (χ3n) is 2.63. The summed E-state index contributed by atoms with van der Waals surface area (Å²) >= 11 is 8.98. The minimum absolute atomic E-state index is 0.0420. The average molecular weight is 383 g/mol. The van der Waals surface area contributed by atoms with E-state index < -0.39 is 4.92 Å². The van der Waals surface area contributed by atoms with Crippen LogP contribution in [0.5, 0.6) is 0 Å². The topological polar surface area (TPSA) is 84.6 Å². The summed E-state index contributed by atoms with van der Waals surface area (Å²) in [7, 11) is 0. The van der Waals surface area contributed by atoms with Crippen molar-refractivity contribution >= 4 is 45.3 Å². The van der Waals surface area contributed by atoms with Crippen molar-refractivity contribution in [3.63, 3.8) is 0 Å². The second kappa shape index (κ2) is 7.15. The molecule has 2 aromatic carbocycles. The normalized spacial score (nSPS) is 10.6. The number of nitrogens with zero attached hydrogens (tertiary/aromatic N) is 2. The molecule has 0 aromatic heterocycles. The molecule has 0 spiro atoms. The lowest BCUT2D eigenvalue weighted by molar-refractivity contribution is -0.384. The summed E-state index contributed by atoms with van der Waals surface area (Å²) in [5.41, 5.74) is 3.01. The highest BCUT2D eigenvalue weighted by atomic mass is 79.9. The average Bonchev–Trinajstić information content (AvgIpc) is 2.48. The van der Waals surface area contributed by atoms with Gasteiger partial charge in [-0.15, -0.1) is 0 Å². The zero-order valence-electron chi connectivity index (χ0n) is 11.0. The lowest BCUT2D eigenvalue weighted by Crippen LogP contribution is -2.17. The van der Waals surface area contributed by atoms with Crippen LogP contribution in [0, 0.1) is 10.1 Å². The monoisotopic (exact) mass is 381 g/mol. The van der Waals surface area contributed by atoms with E-state index in [1.165, 1.54) is 18.3 Å². The number of hydrogen-bond acceptors (Lipinski definition) is 4. The molecule has 0 atom stereocenters. The van der Waals surface area contributed by atoms with Crippen LogP contribution < -0.4 is 5.43 Å². The van der Waals surface area contributed by atoms with Gasteiger partial charge in [0.2, 0.25) is 0 Å². The minimum atomic E-state index is -0.584. The molecule has 0 aliphatic heterocycles. The van der Waals surface area contributed by atoms with Gasteiger partial charge in [-0.05, 0) is 24.3 Å². The van der Waals surface area contributed by atoms with Crippen molar-refractivity contribution in [3.05, 3.63) is 73.2 Å². The lowest BCUT2D eigenvalue weighted by atomic mass is 10.2. The van der Waals surface area contributed by atoms with E-state index in [9.17, 15) is 14.9 Å². The Labute approximate surface area is 139 Å². The minimum Gasteiger partial charge on any atom is -0.267 e. The molecule has 112 valence electrons. The van der Waals surface area contributed by atoms with Crippen LogP contribution in [0.3, 0.4) is 0 Å². The SMILES string of the molecule is O=C(N/N=C/c1ccc(Cl)c([N+](=O)[O-])c1)c1cccc(Br)c1. The fraction of sp³-hybridized carbons (Fsp3) is 0. The number of rotatable bonds is 4. The Morgan fingerprint density at radius 3 is 2.77 bits per heavy atom. The third kappa shape index (κ3) is 4.12. The Balaban J connectivity index is 2.08. The van der Waals surface area contributed by atoms with Gasteiger partial charge in [-0.25, -0.2) is 5.43 Å². The molecule has 2 aromatic rings. The molecule has 0 saturated heterocycles. The summed E-state index contributed by atoms with van der Waals surface area (Å²) in [4.78, 5) is 22.0. The standard InChI is InChI=1S/C14H9BrClN3O3/c15-11-3-1-2-10(7-11)14(20)18-17-8-9-4-5-12(16)13(6-9)19(21)22/h1-8H,(H,18,20)/b17-8+. The molecule has 1 amide bonds. The molecule has 0 heterocycles. The van der Waals surface area contributed by atoms with Crippen molar-refractivity contribution < 1.29 is 9.72 Å². The van der Waals surface area contributed by atoms with Gasteiger partial charge in [0.1, 0.15) is 5.02 Å². The second-order valence-corrected chi connectivity index (χ2v) is 5.50. The Morgan fingerprint density at radius 2 is 2.09 bits per heavy atom. The number of nitrogens with one attached hydrogen (secondary N) is 1. The number of carbonyl (C=O) groups excluding carboxylic acids is 1. The number of amides is 1. The molecule has 1 N–H and O–H groups in total. The van der Waals surface area contributed by atoms with E-state index in [1.54, 1.807) is 30.3 Å². The summed E-state index contributed by atoms with van der Waals surface area (Å²) < 4.78 is 0.775. The van der Waals surface area contributed by atoms with Crippen molar-refractivity contribution in [2.75, 3.05) is 0 Å². The van der Waals surface area contributed by atoms with Gasteiger partial charge in [0.15, 0.2) is 0 Å². The summed E-state index contributed by atoms with van der Waals surface area (Å²) in [6, 6.07) is 11.1. The number of benzene rings is 2. The predicted octanol–water partition coefficient (Wildman–Crippen LogP) is 3.77. The van der Waals surface area contributed by atoms with Crippen LogP contribution >= 0.6 is 27.5 Å². The van der Waals surface area contributed by atoms with Gasteiger partial charge in [0.05, 0.1) is 11.1 Å². The van der Waals surface area contributed by atoms with Crippen molar-refractivity contribution in [2.24, 2.45) is 5.10 Å². The van der Waals surface area contributed by atoms with Crippen LogP contribution in [0.25, 0.3) is 0 Å². The highest BCUT2D eigenvalue weighted by Gasteiger charge is 2.11. The van der Waals surface area contributed by atoms with E-state index >= 15 is 0 Å². The first kappa shape index (κ1) is 16.1. The van der Waals surface area contributed by atoms with Crippen LogP contribution in [0.1, 0.15) is 15.9 Å². The summed E-state index contributed by atoms with van der Waals surface area (Å²) in [6.45, 7) is 0. The van der Waals surface area contributed by atoms with E-state index in [0.717, 1.165) is 4.47 Å². The zero-order valence-corrected chi connectivity index (χ0v) is 13.3. The molecular formula is C14H9BrClN3O3. The summed E-state index contributed by atoms with van der Waals surface area (Å²) in [5, 5.41) is 14.6. The fourth-order valence-corrected chi connectivity index (χ4v) is 2.20. The molecule has 2 rings (SSSR count). The molecule has 0 saturated carbocycles. The molecule has 0 unspecified atom stereocenters. The Hall–Kier alpha value is -2.25. The van der Waals surface area contributed by atoms with Gasteiger partial charge in [0.25, 0.3) is 11.6 Å². The smallest absolute Gasteiger partial charge is 0.267 e. The summed E-state index contributed by atoms with van der Waals surface area (Å²) in [6.07, 6.45) is 1.30. The first-order valence-electron chi connectivity index (χ1n) is 6.00. The first-order chi connectivity index (χ1) is 10.5. The fourth-order valence-electron chi connectivity index (χ4n) is 1.61. The van der Waals surface area contributed by atoms with Gasteiger partial charge >= 0.3 is 0 Å². The molecule has 0 bridgehead atoms. The van der Waals surface area contributed by atoms with Crippen LogP contribution in [0.2, 0.25) is 5.02 Å². The first-order valence-corrected chi connectivity index (χ1v) is 7.17. The molecule has 22 heavy (non-hydrogen) atoms. The van der Waals surface area contributed by atoms with Gasteiger partial charge in [-0.1, -0.05) is 39.7 Å². The second-order valence-electron chi connectivity index (χ2n) is 4.18. The molecule has 8 heteroatoms. The molecule has 0 aliphatic rings. The van der Waals surface area contributed by atoms with Crippen molar-refractivity contribution in [2.45, 2.75) is 0 Å². The van der Waals surface area contributed by atoms with Gasteiger partial charge < -0.3 is 0 Å². The molecule has 0 radical (unpaired) electrons. The molecular weight excluding hydrogens is 374 g/mol. The Kier molecular flexibility index (Phi) is 5.24. The van der Waals surface area contributed by atoms with E-state index in [0.29, 0.717) is 11.1 Å². The summed E-state index contributed by atoms with van der Waals surface area (Å²) in [5.74, 6) is -0.388. The van der Waals surface area contributed by atoms with Crippen molar-refractivity contribution in [1.82, 2.24) is 5.43 Å². The Bertz CT molecular complexity index is 765. The van der Waals surface area contributed by atoms with Crippen molar-refractivity contribution in [1.29, 1.82) is 0 Å². The number of hydrazone groups is 1.